The number of nitrogens with one attached hydrogen (secondary N) is 2. The smallest absolute Gasteiger partial charge is 0.191 e. The van der Waals surface area contributed by atoms with Crippen molar-refractivity contribution in [2.45, 2.75) is 58.9 Å². The molecule has 1 aromatic rings. The summed E-state index contributed by atoms with van der Waals surface area (Å²) in [6, 6.07) is 0. The predicted octanol–water partition coefficient (Wildman–Crippen LogP) is 2.47. The quantitative estimate of drug-likeness (QED) is 0.202. The molecule has 2 N–H and O–H groups in total. The summed E-state index contributed by atoms with van der Waals surface area (Å²) < 4.78 is 7.39. The van der Waals surface area contributed by atoms with E-state index in [0.29, 0.717) is 6.54 Å². The maximum absolute atomic E-state index is 5.41. The number of guanidine groups is 1. The van der Waals surface area contributed by atoms with Gasteiger partial charge in [-0.15, -0.1) is 34.2 Å². The molecular formula is C20H40IN7O. The van der Waals surface area contributed by atoms with E-state index in [-0.39, 0.29) is 24.0 Å². The van der Waals surface area contributed by atoms with E-state index in [2.05, 4.69) is 25.7 Å². The van der Waals surface area contributed by atoms with Crippen molar-refractivity contribution in [2.24, 2.45) is 12.0 Å². The number of likely N-dealkylation sites (tertiary alicyclic amines) is 1. The highest BCUT2D eigenvalue weighted by Gasteiger charge is 2.09. The maximum atomic E-state index is 5.41. The Labute approximate surface area is 193 Å². The Balaban J connectivity index is 0.00000420. The van der Waals surface area contributed by atoms with Gasteiger partial charge in [0, 0.05) is 33.4 Å². The number of aryl methyl sites for hydroxylation is 1. The first-order valence-electron chi connectivity index (χ1n) is 10.9. The van der Waals surface area contributed by atoms with Gasteiger partial charge in [-0.1, -0.05) is 12.8 Å². The van der Waals surface area contributed by atoms with E-state index in [1.54, 1.807) is 0 Å². The summed E-state index contributed by atoms with van der Waals surface area (Å²) >= 11 is 0. The van der Waals surface area contributed by atoms with Gasteiger partial charge in [-0.05, 0) is 59.2 Å². The van der Waals surface area contributed by atoms with Crippen molar-refractivity contribution < 1.29 is 4.74 Å². The first kappa shape index (κ1) is 26.1. The molecule has 0 amide bonds. The van der Waals surface area contributed by atoms with Crippen LogP contribution in [0.4, 0.5) is 0 Å². The lowest BCUT2D eigenvalue weighted by atomic mass is 10.2. The molecule has 1 saturated heterocycles. The van der Waals surface area contributed by atoms with Crippen LogP contribution in [0.15, 0.2) is 4.99 Å². The topological polar surface area (TPSA) is 79.6 Å². The highest BCUT2D eigenvalue weighted by molar-refractivity contribution is 14.0. The van der Waals surface area contributed by atoms with Gasteiger partial charge in [0.25, 0.3) is 0 Å². The van der Waals surface area contributed by atoms with Crippen molar-refractivity contribution in [2.75, 3.05) is 45.9 Å². The van der Waals surface area contributed by atoms with Gasteiger partial charge in [-0.2, -0.15) is 0 Å². The Hall–Kier alpha value is -0.940. The zero-order chi connectivity index (χ0) is 20.0. The van der Waals surface area contributed by atoms with Crippen molar-refractivity contribution in [1.82, 2.24) is 30.3 Å². The molecule has 1 aromatic heterocycles. The summed E-state index contributed by atoms with van der Waals surface area (Å²) in [6.07, 6.45) is 7.56. The molecule has 168 valence electrons. The second-order valence-electron chi connectivity index (χ2n) is 7.40. The van der Waals surface area contributed by atoms with Crippen molar-refractivity contribution >= 4 is 29.9 Å². The Bertz CT molecular complexity index is 571. The van der Waals surface area contributed by atoms with E-state index < -0.39 is 0 Å². The average molecular weight is 521 g/mol. The van der Waals surface area contributed by atoms with E-state index in [9.17, 15) is 0 Å². The lowest BCUT2D eigenvalue weighted by Gasteiger charge is -2.20. The third-order valence-corrected chi connectivity index (χ3v) is 5.17. The second kappa shape index (κ2) is 15.8. The fourth-order valence-electron chi connectivity index (χ4n) is 3.31. The number of hydrogen-bond donors (Lipinski definition) is 2. The first-order chi connectivity index (χ1) is 13.7. The summed E-state index contributed by atoms with van der Waals surface area (Å²) in [5.41, 5.74) is 0. The Morgan fingerprint density at radius 2 is 1.76 bits per heavy atom. The van der Waals surface area contributed by atoms with Crippen molar-refractivity contribution in [3.8, 4) is 0 Å². The van der Waals surface area contributed by atoms with Crippen LogP contribution in [0.2, 0.25) is 0 Å². The summed E-state index contributed by atoms with van der Waals surface area (Å²) in [4.78, 5) is 7.30. The minimum Gasteiger partial charge on any atom is -0.382 e. The molecule has 0 bridgehead atoms. The number of aliphatic imine (C=N–C) groups is 1. The second-order valence-corrected chi connectivity index (χ2v) is 7.40. The molecule has 29 heavy (non-hydrogen) atoms. The number of rotatable bonds is 11. The van der Waals surface area contributed by atoms with Crippen LogP contribution < -0.4 is 10.6 Å². The van der Waals surface area contributed by atoms with Crippen LogP contribution in [0.3, 0.4) is 0 Å². The van der Waals surface area contributed by atoms with Gasteiger partial charge >= 0.3 is 0 Å². The minimum absolute atomic E-state index is 0. The van der Waals surface area contributed by atoms with Gasteiger partial charge in [-0.25, -0.2) is 4.99 Å². The van der Waals surface area contributed by atoms with Gasteiger partial charge in [0.2, 0.25) is 0 Å². The van der Waals surface area contributed by atoms with Crippen LogP contribution >= 0.6 is 24.0 Å². The lowest BCUT2D eigenvalue weighted by molar-refractivity contribution is 0.145. The molecule has 1 fully saturated rings. The average Bonchev–Trinajstić information content (AvgIpc) is 2.89. The highest BCUT2D eigenvalue weighted by Crippen LogP contribution is 2.09. The molecule has 0 unspecified atom stereocenters. The van der Waals surface area contributed by atoms with Crippen LogP contribution in [0.1, 0.15) is 57.1 Å². The molecule has 0 atom stereocenters. The maximum Gasteiger partial charge on any atom is 0.191 e. The van der Waals surface area contributed by atoms with E-state index in [4.69, 9.17) is 9.73 Å². The fourth-order valence-corrected chi connectivity index (χ4v) is 3.31. The summed E-state index contributed by atoms with van der Waals surface area (Å²) in [5.74, 6) is 2.62. The fraction of sp³-hybridized carbons (Fsp3) is 0.850. The van der Waals surface area contributed by atoms with E-state index >= 15 is 0 Å². The van der Waals surface area contributed by atoms with Crippen molar-refractivity contribution in [3.05, 3.63) is 11.6 Å². The van der Waals surface area contributed by atoms with Crippen LogP contribution in [-0.4, -0.2) is 71.6 Å². The largest absolute Gasteiger partial charge is 0.382 e. The molecule has 0 aliphatic carbocycles. The summed E-state index contributed by atoms with van der Waals surface area (Å²) in [5, 5.41) is 15.2. The summed E-state index contributed by atoms with van der Waals surface area (Å²) in [7, 11) is 1.98. The van der Waals surface area contributed by atoms with Gasteiger partial charge in [0.1, 0.15) is 12.4 Å². The molecule has 0 spiro atoms. The van der Waals surface area contributed by atoms with Gasteiger partial charge in [0.05, 0.1) is 0 Å². The Morgan fingerprint density at radius 3 is 2.38 bits per heavy atom. The van der Waals surface area contributed by atoms with Crippen LogP contribution in [-0.2, 0) is 18.3 Å². The number of nitrogens with zero attached hydrogens (tertiary/aromatic N) is 5. The number of hydrogen-bond acceptors (Lipinski definition) is 5. The Morgan fingerprint density at radius 1 is 1.07 bits per heavy atom. The van der Waals surface area contributed by atoms with Crippen molar-refractivity contribution in [1.29, 1.82) is 0 Å². The molecule has 1 aliphatic heterocycles. The SMILES string of the molecule is CCOCCCNC(=NCc1nnc(C)n1C)NCCCN1CCCCCC1.I. The standard InChI is InChI=1S/C20H39N7O.HI/c1-4-28-16-10-12-22-20(23-17-19-25-24-18(2)26(19)3)21-11-9-15-27-13-7-5-6-8-14-27;/h4-17H2,1-3H3,(H2,21,22,23);1H. The number of halogens is 1. The first-order valence-corrected chi connectivity index (χ1v) is 10.9. The van der Waals surface area contributed by atoms with Crippen molar-refractivity contribution in [3.63, 3.8) is 0 Å². The molecule has 2 heterocycles. The molecular weight excluding hydrogens is 481 g/mol. The minimum atomic E-state index is 0. The van der Waals surface area contributed by atoms with Gasteiger partial charge in [-0.3, -0.25) is 0 Å². The molecule has 0 saturated carbocycles. The third kappa shape index (κ3) is 10.6. The molecule has 2 rings (SSSR count). The van der Waals surface area contributed by atoms with Crippen LogP contribution in [0, 0.1) is 6.92 Å². The van der Waals surface area contributed by atoms with E-state index in [1.165, 1.54) is 38.8 Å². The van der Waals surface area contributed by atoms with E-state index in [1.807, 2.05) is 25.5 Å². The zero-order valence-corrected chi connectivity index (χ0v) is 20.8. The van der Waals surface area contributed by atoms with Crippen LogP contribution in [0.5, 0.6) is 0 Å². The van der Waals surface area contributed by atoms with Gasteiger partial charge < -0.3 is 24.8 Å². The van der Waals surface area contributed by atoms with Crippen LogP contribution in [0.25, 0.3) is 0 Å². The zero-order valence-electron chi connectivity index (χ0n) is 18.5. The predicted molar refractivity (Wildman–Crippen MR) is 129 cm³/mol. The Kier molecular flexibility index (Phi) is 14.3. The van der Waals surface area contributed by atoms with Gasteiger partial charge in [0.15, 0.2) is 11.8 Å². The normalized spacial score (nSPS) is 15.6. The molecule has 1 aliphatic rings. The third-order valence-electron chi connectivity index (χ3n) is 5.17. The lowest BCUT2D eigenvalue weighted by Crippen LogP contribution is -2.39. The highest BCUT2D eigenvalue weighted by atomic mass is 127. The molecule has 8 nitrogen and oxygen atoms in total. The van der Waals surface area contributed by atoms with E-state index in [0.717, 1.165) is 63.3 Å². The molecule has 0 aromatic carbocycles. The molecule has 0 radical (unpaired) electrons. The number of aromatic nitrogens is 3. The number of ether oxygens (including phenoxy) is 1. The summed E-state index contributed by atoms with van der Waals surface area (Å²) in [6.45, 7) is 11.5. The monoisotopic (exact) mass is 521 g/mol. The molecule has 9 heteroatoms.